The lowest BCUT2D eigenvalue weighted by Crippen LogP contribution is -2.35. The summed E-state index contributed by atoms with van der Waals surface area (Å²) in [5.41, 5.74) is 5.03. The molecule has 2 aromatic carbocycles. The number of ether oxygens (including phenoxy) is 1. The van der Waals surface area contributed by atoms with Crippen LogP contribution in [0.25, 0.3) is 0 Å². The molecule has 0 heterocycles. The number of hydrazone groups is 1. The minimum atomic E-state index is -0.456. The van der Waals surface area contributed by atoms with E-state index < -0.39 is 6.04 Å². The third-order valence-electron chi connectivity index (χ3n) is 3.47. The van der Waals surface area contributed by atoms with E-state index in [9.17, 15) is 4.79 Å². The molecule has 1 unspecified atom stereocenters. The Balaban J connectivity index is 1.98. The third-order valence-corrected chi connectivity index (χ3v) is 4.00. The van der Waals surface area contributed by atoms with Crippen molar-refractivity contribution in [3.63, 3.8) is 0 Å². The molecule has 0 aromatic heterocycles. The van der Waals surface area contributed by atoms with Crippen molar-refractivity contribution >= 4 is 33.2 Å². The lowest BCUT2D eigenvalue weighted by atomic mass is 10.1. The van der Waals surface area contributed by atoms with E-state index in [0.29, 0.717) is 5.75 Å². The van der Waals surface area contributed by atoms with Crippen molar-refractivity contribution in [3.8, 4) is 5.75 Å². The molecule has 0 spiro atoms. The number of para-hydroxylation sites is 2. The summed E-state index contributed by atoms with van der Waals surface area (Å²) in [6.45, 7) is 3.62. The number of benzene rings is 2. The zero-order valence-electron chi connectivity index (χ0n) is 13.8. The van der Waals surface area contributed by atoms with E-state index >= 15 is 0 Å². The second-order valence-electron chi connectivity index (χ2n) is 5.25. The molecule has 2 N–H and O–H groups in total. The lowest BCUT2D eigenvalue weighted by molar-refractivity contribution is -0.121. The van der Waals surface area contributed by atoms with E-state index in [-0.39, 0.29) is 5.91 Å². The fraction of sp³-hybridized carbons (Fsp3) is 0.222. The van der Waals surface area contributed by atoms with Gasteiger partial charge in [0.15, 0.2) is 0 Å². The number of methoxy groups -OCH3 is 1. The van der Waals surface area contributed by atoms with Crippen molar-refractivity contribution in [1.29, 1.82) is 0 Å². The van der Waals surface area contributed by atoms with Crippen LogP contribution in [0.3, 0.4) is 0 Å². The van der Waals surface area contributed by atoms with Crippen LogP contribution in [0.1, 0.15) is 19.4 Å². The fourth-order valence-corrected chi connectivity index (χ4v) is 2.32. The van der Waals surface area contributed by atoms with Crippen LogP contribution in [0.15, 0.2) is 58.1 Å². The predicted molar refractivity (Wildman–Crippen MR) is 101 cm³/mol. The summed E-state index contributed by atoms with van der Waals surface area (Å²) in [5, 5.41) is 7.28. The van der Waals surface area contributed by atoms with Gasteiger partial charge >= 0.3 is 0 Å². The molecule has 1 atom stereocenters. The average molecular weight is 390 g/mol. The van der Waals surface area contributed by atoms with Crippen LogP contribution in [0.2, 0.25) is 0 Å². The first-order chi connectivity index (χ1) is 11.5. The summed E-state index contributed by atoms with van der Waals surface area (Å²) >= 11 is 3.39. The van der Waals surface area contributed by atoms with Crippen molar-refractivity contribution in [2.75, 3.05) is 12.4 Å². The Morgan fingerprint density at radius 2 is 1.83 bits per heavy atom. The summed E-state index contributed by atoms with van der Waals surface area (Å²) in [5.74, 6) is 0.462. The highest BCUT2D eigenvalue weighted by atomic mass is 79.9. The molecule has 0 aliphatic carbocycles. The van der Waals surface area contributed by atoms with E-state index in [2.05, 4.69) is 31.8 Å². The standard InChI is InChI=1S/C18H20BrN3O2/c1-12(14-8-10-15(19)11-9-14)21-22-18(23)13(2)20-16-6-4-5-7-17(16)24-3/h4-11,13,20H,1-3H3,(H,22,23)/b21-12+. The summed E-state index contributed by atoms with van der Waals surface area (Å²) in [4.78, 5) is 12.2. The molecule has 0 fully saturated rings. The Morgan fingerprint density at radius 3 is 2.50 bits per heavy atom. The molecular formula is C18H20BrN3O2. The van der Waals surface area contributed by atoms with Gasteiger partial charge in [0, 0.05) is 4.47 Å². The van der Waals surface area contributed by atoms with Crippen molar-refractivity contribution in [2.45, 2.75) is 19.9 Å². The van der Waals surface area contributed by atoms with Gasteiger partial charge in [-0.1, -0.05) is 40.2 Å². The van der Waals surface area contributed by atoms with E-state index in [1.807, 2.05) is 55.5 Å². The van der Waals surface area contributed by atoms with Gasteiger partial charge < -0.3 is 10.1 Å². The summed E-state index contributed by atoms with van der Waals surface area (Å²) in [6.07, 6.45) is 0. The van der Waals surface area contributed by atoms with Crippen molar-refractivity contribution in [3.05, 3.63) is 58.6 Å². The highest BCUT2D eigenvalue weighted by Gasteiger charge is 2.14. The molecule has 0 bridgehead atoms. The number of hydrogen-bond donors (Lipinski definition) is 2. The van der Waals surface area contributed by atoms with Gasteiger partial charge in [0.25, 0.3) is 5.91 Å². The zero-order chi connectivity index (χ0) is 17.5. The lowest BCUT2D eigenvalue weighted by Gasteiger charge is -2.16. The Hall–Kier alpha value is -2.34. The Kier molecular flexibility index (Phi) is 6.37. The molecule has 0 aliphatic heterocycles. The summed E-state index contributed by atoms with van der Waals surface area (Å²) in [6, 6.07) is 14.7. The van der Waals surface area contributed by atoms with Gasteiger partial charge in [-0.15, -0.1) is 0 Å². The third kappa shape index (κ3) is 4.83. The highest BCUT2D eigenvalue weighted by molar-refractivity contribution is 9.10. The molecule has 2 rings (SSSR count). The molecule has 0 radical (unpaired) electrons. The second kappa shape index (κ2) is 8.49. The second-order valence-corrected chi connectivity index (χ2v) is 6.16. The summed E-state index contributed by atoms with van der Waals surface area (Å²) in [7, 11) is 1.59. The highest BCUT2D eigenvalue weighted by Crippen LogP contribution is 2.23. The minimum Gasteiger partial charge on any atom is -0.495 e. The van der Waals surface area contributed by atoms with Crippen LogP contribution in [-0.2, 0) is 4.79 Å². The average Bonchev–Trinajstić information content (AvgIpc) is 2.60. The normalized spacial score (nSPS) is 12.4. The number of hydrogen-bond acceptors (Lipinski definition) is 4. The quantitative estimate of drug-likeness (QED) is 0.583. The van der Waals surface area contributed by atoms with E-state index in [4.69, 9.17) is 4.74 Å². The Morgan fingerprint density at radius 1 is 1.17 bits per heavy atom. The molecule has 0 aliphatic rings. The molecule has 6 heteroatoms. The van der Waals surface area contributed by atoms with Crippen LogP contribution in [0.4, 0.5) is 5.69 Å². The maximum atomic E-state index is 12.2. The fourth-order valence-electron chi connectivity index (χ4n) is 2.05. The Labute approximate surface area is 150 Å². The first-order valence-electron chi connectivity index (χ1n) is 7.51. The first-order valence-corrected chi connectivity index (χ1v) is 8.30. The van der Waals surface area contributed by atoms with Crippen molar-refractivity contribution in [2.24, 2.45) is 5.10 Å². The van der Waals surface area contributed by atoms with E-state index in [1.165, 1.54) is 0 Å². The topological polar surface area (TPSA) is 62.7 Å². The van der Waals surface area contributed by atoms with Crippen LogP contribution in [0.5, 0.6) is 5.75 Å². The van der Waals surface area contributed by atoms with Gasteiger partial charge in [0.2, 0.25) is 0 Å². The van der Waals surface area contributed by atoms with Crippen LogP contribution < -0.4 is 15.5 Å². The number of amides is 1. The molecule has 2 aromatic rings. The summed E-state index contributed by atoms with van der Waals surface area (Å²) < 4.78 is 6.26. The maximum absolute atomic E-state index is 12.2. The smallest absolute Gasteiger partial charge is 0.262 e. The molecule has 5 nitrogen and oxygen atoms in total. The number of nitrogens with zero attached hydrogens (tertiary/aromatic N) is 1. The number of rotatable bonds is 6. The molecule has 0 saturated carbocycles. The van der Waals surface area contributed by atoms with Crippen molar-refractivity contribution < 1.29 is 9.53 Å². The number of halogens is 1. The van der Waals surface area contributed by atoms with Gasteiger partial charge in [-0.05, 0) is 43.7 Å². The SMILES string of the molecule is COc1ccccc1NC(C)C(=O)N/N=C(\C)c1ccc(Br)cc1. The maximum Gasteiger partial charge on any atom is 0.262 e. The Bertz CT molecular complexity index is 729. The predicted octanol–water partition coefficient (Wildman–Crippen LogP) is 3.80. The van der Waals surface area contributed by atoms with Crippen LogP contribution in [-0.4, -0.2) is 24.8 Å². The molecular weight excluding hydrogens is 370 g/mol. The van der Waals surface area contributed by atoms with Gasteiger partial charge in [-0.2, -0.15) is 5.10 Å². The van der Waals surface area contributed by atoms with Crippen molar-refractivity contribution in [1.82, 2.24) is 5.43 Å². The van der Waals surface area contributed by atoms with E-state index in [1.54, 1.807) is 14.0 Å². The van der Waals surface area contributed by atoms with Gasteiger partial charge in [-0.3, -0.25) is 4.79 Å². The van der Waals surface area contributed by atoms with Crippen LogP contribution in [0, 0.1) is 0 Å². The molecule has 0 saturated heterocycles. The number of carbonyl (C=O) groups is 1. The van der Waals surface area contributed by atoms with Gasteiger partial charge in [0.1, 0.15) is 11.8 Å². The first kappa shape index (κ1) is 18.0. The molecule has 24 heavy (non-hydrogen) atoms. The molecule has 1 amide bonds. The van der Waals surface area contributed by atoms with E-state index in [0.717, 1.165) is 21.4 Å². The van der Waals surface area contributed by atoms with Gasteiger partial charge in [-0.25, -0.2) is 5.43 Å². The van der Waals surface area contributed by atoms with Gasteiger partial charge in [0.05, 0.1) is 18.5 Å². The number of anilines is 1. The van der Waals surface area contributed by atoms with Crippen LogP contribution >= 0.6 is 15.9 Å². The monoisotopic (exact) mass is 389 g/mol. The number of nitrogens with one attached hydrogen (secondary N) is 2. The number of carbonyl (C=O) groups excluding carboxylic acids is 1. The minimum absolute atomic E-state index is 0.225. The zero-order valence-corrected chi connectivity index (χ0v) is 15.4. The largest absolute Gasteiger partial charge is 0.495 e. The molecule has 126 valence electrons.